The number of hydrogen-bond acceptors (Lipinski definition) is 3. The van der Waals surface area contributed by atoms with E-state index in [2.05, 4.69) is 10.3 Å². The molecule has 3 nitrogen and oxygen atoms in total. The zero-order chi connectivity index (χ0) is 16.2. The number of hydrogen-bond donors (Lipinski definition) is 1. The molecule has 6 heteroatoms. The minimum absolute atomic E-state index is 0.0252. The molecule has 1 amide bonds. The van der Waals surface area contributed by atoms with Gasteiger partial charge in [-0.1, -0.05) is 24.3 Å². The maximum Gasteiger partial charge on any atom is 0.260 e. The van der Waals surface area contributed by atoms with Crippen molar-refractivity contribution in [2.24, 2.45) is 0 Å². The van der Waals surface area contributed by atoms with Crippen LogP contribution in [0.2, 0.25) is 0 Å². The molecule has 0 aliphatic rings. The number of benzene rings is 2. The molecule has 0 atom stereocenters. The van der Waals surface area contributed by atoms with Gasteiger partial charge >= 0.3 is 0 Å². The summed E-state index contributed by atoms with van der Waals surface area (Å²) in [6.07, 6.45) is 2.23. The lowest BCUT2D eigenvalue weighted by molar-refractivity contribution is 0.102. The number of carbonyl (C=O) groups excluding carboxylic acids is 1. The Hall–Kier alpha value is -2.60. The van der Waals surface area contributed by atoms with Gasteiger partial charge in [-0.2, -0.15) is 0 Å². The second-order valence-corrected chi connectivity index (χ2v) is 5.98. The summed E-state index contributed by atoms with van der Waals surface area (Å²) >= 11 is 1.30. The van der Waals surface area contributed by atoms with Crippen molar-refractivity contribution < 1.29 is 13.6 Å². The number of rotatable bonds is 4. The Morgan fingerprint density at radius 2 is 1.83 bits per heavy atom. The maximum atomic E-state index is 13.6. The van der Waals surface area contributed by atoms with Gasteiger partial charge in [0.1, 0.15) is 11.6 Å². The van der Waals surface area contributed by atoms with E-state index in [1.54, 1.807) is 24.4 Å². The summed E-state index contributed by atoms with van der Waals surface area (Å²) in [5.74, 6) is -1.39. The normalized spacial score (nSPS) is 10.5. The van der Waals surface area contributed by atoms with E-state index in [0.717, 1.165) is 10.4 Å². The van der Waals surface area contributed by atoms with Crippen molar-refractivity contribution in [2.45, 2.75) is 6.42 Å². The fourth-order valence-electron chi connectivity index (χ4n) is 2.06. The van der Waals surface area contributed by atoms with Crippen molar-refractivity contribution >= 4 is 22.4 Å². The van der Waals surface area contributed by atoms with Crippen LogP contribution in [0.4, 0.5) is 13.9 Å². The molecule has 0 aliphatic heterocycles. The van der Waals surface area contributed by atoms with E-state index in [9.17, 15) is 13.6 Å². The highest BCUT2D eigenvalue weighted by molar-refractivity contribution is 7.15. The van der Waals surface area contributed by atoms with Gasteiger partial charge in [-0.05, 0) is 29.8 Å². The first-order chi connectivity index (χ1) is 11.1. The van der Waals surface area contributed by atoms with Crippen molar-refractivity contribution in [3.8, 4) is 0 Å². The number of thiazole rings is 1. The lowest BCUT2D eigenvalue weighted by atomic mass is 10.1. The third-order valence-electron chi connectivity index (χ3n) is 3.18. The van der Waals surface area contributed by atoms with Gasteiger partial charge in [-0.15, -0.1) is 11.3 Å². The average molecular weight is 330 g/mol. The van der Waals surface area contributed by atoms with Crippen molar-refractivity contribution in [3.63, 3.8) is 0 Å². The third-order valence-corrected chi connectivity index (χ3v) is 4.10. The first-order valence-electron chi connectivity index (χ1n) is 6.87. The Labute approximate surface area is 135 Å². The average Bonchev–Trinajstić information content (AvgIpc) is 2.97. The van der Waals surface area contributed by atoms with Gasteiger partial charge in [0.25, 0.3) is 5.91 Å². The molecule has 0 radical (unpaired) electrons. The summed E-state index contributed by atoms with van der Waals surface area (Å²) in [5, 5.41) is 2.98. The number of nitrogens with zero attached hydrogens (tertiary/aromatic N) is 1. The summed E-state index contributed by atoms with van der Waals surface area (Å²) in [7, 11) is 0. The van der Waals surface area contributed by atoms with Crippen LogP contribution in [0.25, 0.3) is 0 Å². The van der Waals surface area contributed by atoms with Crippen LogP contribution in [0.3, 0.4) is 0 Å². The van der Waals surface area contributed by atoms with E-state index in [0.29, 0.717) is 11.6 Å². The second kappa shape index (κ2) is 6.66. The van der Waals surface area contributed by atoms with Crippen molar-refractivity contribution in [3.05, 3.63) is 82.4 Å². The van der Waals surface area contributed by atoms with Crippen molar-refractivity contribution in [2.75, 3.05) is 5.32 Å². The van der Waals surface area contributed by atoms with Gasteiger partial charge in [0.2, 0.25) is 0 Å². The highest BCUT2D eigenvalue weighted by Gasteiger charge is 2.13. The second-order valence-electron chi connectivity index (χ2n) is 4.87. The smallest absolute Gasteiger partial charge is 0.260 e. The molecule has 0 bridgehead atoms. The van der Waals surface area contributed by atoms with Gasteiger partial charge in [-0.3, -0.25) is 10.1 Å². The SMILES string of the molecule is O=C(Nc1ncc(Cc2ccc(F)cc2)s1)c1ccccc1F. The number of halogens is 2. The lowest BCUT2D eigenvalue weighted by Gasteiger charge is -2.02. The van der Waals surface area contributed by atoms with Crippen LogP contribution in [0.15, 0.2) is 54.7 Å². The van der Waals surface area contributed by atoms with Crippen LogP contribution in [0.1, 0.15) is 20.8 Å². The van der Waals surface area contributed by atoms with Gasteiger partial charge in [0.15, 0.2) is 5.13 Å². The molecule has 0 aliphatic carbocycles. The van der Waals surface area contributed by atoms with E-state index < -0.39 is 11.7 Å². The predicted octanol–water partition coefficient (Wildman–Crippen LogP) is 4.26. The highest BCUT2D eigenvalue weighted by atomic mass is 32.1. The van der Waals surface area contributed by atoms with E-state index in [1.807, 2.05) is 0 Å². The fourth-order valence-corrected chi connectivity index (χ4v) is 2.90. The fraction of sp³-hybridized carbons (Fsp3) is 0.0588. The van der Waals surface area contributed by atoms with Crippen LogP contribution >= 0.6 is 11.3 Å². The van der Waals surface area contributed by atoms with Gasteiger partial charge in [-0.25, -0.2) is 13.8 Å². The molecular weight excluding hydrogens is 318 g/mol. The molecule has 2 aromatic carbocycles. The van der Waals surface area contributed by atoms with Crippen LogP contribution < -0.4 is 5.32 Å². The molecule has 0 saturated carbocycles. The Morgan fingerprint density at radius 1 is 1.09 bits per heavy atom. The Bertz CT molecular complexity index is 831. The molecule has 23 heavy (non-hydrogen) atoms. The minimum Gasteiger partial charge on any atom is -0.298 e. The zero-order valence-electron chi connectivity index (χ0n) is 11.9. The van der Waals surface area contributed by atoms with Crippen LogP contribution in [-0.2, 0) is 6.42 Å². The molecule has 0 unspecified atom stereocenters. The number of amides is 1. The largest absolute Gasteiger partial charge is 0.298 e. The van der Waals surface area contributed by atoms with E-state index in [-0.39, 0.29) is 11.4 Å². The minimum atomic E-state index is -0.576. The molecule has 0 saturated heterocycles. The van der Waals surface area contributed by atoms with Crippen molar-refractivity contribution in [1.82, 2.24) is 4.98 Å². The molecule has 0 fully saturated rings. The quantitative estimate of drug-likeness (QED) is 0.776. The summed E-state index contributed by atoms with van der Waals surface area (Å²) in [6, 6.07) is 12.0. The summed E-state index contributed by atoms with van der Waals surface area (Å²) in [4.78, 5) is 17.0. The Kier molecular flexibility index (Phi) is 4.43. The van der Waals surface area contributed by atoms with Crippen LogP contribution in [-0.4, -0.2) is 10.9 Å². The molecular formula is C17H12F2N2OS. The first-order valence-corrected chi connectivity index (χ1v) is 7.68. The van der Waals surface area contributed by atoms with E-state index in [4.69, 9.17) is 0 Å². The van der Waals surface area contributed by atoms with Crippen LogP contribution in [0, 0.1) is 11.6 Å². The Morgan fingerprint density at radius 3 is 2.57 bits per heavy atom. The number of anilines is 1. The molecule has 3 rings (SSSR count). The lowest BCUT2D eigenvalue weighted by Crippen LogP contribution is -2.13. The number of nitrogens with one attached hydrogen (secondary N) is 1. The monoisotopic (exact) mass is 330 g/mol. The highest BCUT2D eigenvalue weighted by Crippen LogP contribution is 2.22. The molecule has 0 spiro atoms. The van der Waals surface area contributed by atoms with Crippen LogP contribution in [0.5, 0.6) is 0 Å². The van der Waals surface area contributed by atoms with Gasteiger partial charge in [0, 0.05) is 17.5 Å². The summed E-state index contributed by atoms with van der Waals surface area (Å²) < 4.78 is 26.4. The van der Waals surface area contributed by atoms with E-state index in [1.165, 1.54) is 41.7 Å². The number of aromatic nitrogens is 1. The number of carbonyl (C=O) groups is 1. The molecule has 3 aromatic rings. The molecule has 1 aromatic heterocycles. The molecule has 1 N–H and O–H groups in total. The standard InChI is InChI=1S/C17H12F2N2OS/c18-12-7-5-11(6-8-12)9-13-10-20-17(23-13)21-16(22)14-3-1-2-4-15(14)19/h1-8,10H,9H2,(H,20,21,22). The molecule has 116 valence electrons. The summed E-state index contributed by atoms with van der Waals surface area (Å²) in [6.45, 7) is 0. The zero-order valence-corrected chi connectivity index (χ0v) is 12.7. The van der Waals surface area contributed by atoms with Gasteiger partial charge < -0.3 is 0 Å². The third kappa shape index (κ3) is 3.78. The Balaban J connectivity index is 1.69. The maximum absolute atomic E-state index is 13.6. The first kappa shape index (κ1) is 15.3. The van der Waals surface area contributed by atoms with E-state index >= 15 is 0 Å². The topological polar surface area (TPSA) is 42.0 Å². The van der Waals surface area contributed by atoms with Gasteiger partial charge in [0.05, 0.1) is 5.56 Å². The summed E-state index contributed by atoms with van der Waals surface area (Å²) in [5.41, 5.74) is 0.921. The predicted molar refractivity (Wildman–Crippen MR) is 85.7 cm³/mol. The van der Waals surface area contributed by atoms with Crippen molar-refractivity contribution in [1.29, 1.82) is 0 Å². The molecule has 1 heterocycles.